The molecular weight excluding hydrogens is 166 g/mol. The van der Waals surface area contributed by atoms with Gasteiger partial charge in [-0.2, -0.15) is 0 Å². The van der Waals surface area contributed by atoms with Crippen LogP contribution in [0.25, 0.3) is 0 Å². The number of hydrogen-bond donors (Lipinski definition) is 0. The van der Waals surface area contributed by atoms with Crippen LogP contribution in [-0.4, -0.2) is 43.7 Å². The fourth-order valence-corrected chi connectivity index (χ4v) is 1.20. The average molecular weight is 188 g/mol. The van der Waals surface area contributed by atoms with E-state index in [0.717, 1.165) is 30.5 Å². The molecule has 0 saturated carbocycles. The first kappa shape index (κ1) is 12.4. The molecule has 0 rings (SSSR count). The summed E-state index contributed by atoms with van der Waals surface area (Å²) in [5, 5.41) is 0. The minimum Gasteiger partial charge on any atom is -0.466 e. The van der Waals surface area contributed by atoms with Crippen LogP contribution < -0.4 is 0 Å². The van der Waals surface area contributed by atoms with Crippen LogP contribution >= 0.6 is 0 Å². The molecule has 0 bridgehead atoms. The molecule has 13 heavy (non-hydrogen) atoms. The third-order valence-electron chi connectivity index (χ3n) is 2.67. The van der Waals surface area contributed by atoms with Crippen molar-refractivity contribution < 1.29 is 14.0 Å². The summed E-state index contributed by atoms with van der Waals surface area (Å²) >= 11 is 0. The lowest BCUT2D eigenvalue weighted by molar-refractivity contribution is -0.906. The molecule has 0 aliphatic rings. The van der Waals surface area contributed by atoms with E-state index < -0.39 is 0 Å². The molecular formula is C10H22NO2+. The average Bonchev–Trinajstić information content (AvgIpc) is 2.12. The minimum atomic E-state index is -0.179. The third kappa shape index (κ3) is 5.64. The summed E-state index contributed by atoms with van der Waals surface area (Å²) in [6.45, 7) is 9.74. The number of rotatable bonds is 6. The maximum Gasteiger partial charge on any atom is 0.302 e. The summed E-state index contributed by atoms with van der Waals surface area (Å²) in [7, 11) is 2.23. The van der Waals surface area contributed by atoms with E-state index in [4.69, 9.17) is 4.74 Å². The lowest BCUT2D eigenvalue weighted by atomic mass is 10.3. The van der Waals surface area contributed by atoms with Crippen molar-refractivity contribution in [3.8, 4) is 0 Å². The van der Waals surface area contributed by atoms with Crippen LogP contribution in [0.4, 0.5) is 0 Å². The van der Waals surface area contributed by atoms with E-state index in [9.17, 15) is 4.79 Å². The van der Waals surface area contributed by atoms with E-state index in [0.29, 0.717) is 6.61 Å². The molecule has 0 heterocycles. The second-order valence-corrected chi connectivity index (χ2v) is 3.67. The molecule has 0 atom stereocenters. The number of carbonyl (C=O) groups is 1. The molecule has 0 fully saturated rings. The number of esters is 1. The first-order valence-electron chi connectivity index (χ1n) is 5.01. The monoisotopic (exact) mass is 188 g/mol. The van der Waals surface area contributed by atoms with Gasteiger partial charge in [-0.25, -0.2) is 0 Å². The smallest absolute Gasteiger partial charge is 0.302 e. The van der Waals surface area contributed by atoms with Crippen molar-refractivity contribution in [3.05, 3.63) is 0 Å². The quantitative estimate of drug-likeness (QED) is 0.358. The molecule has 0 aromatic carbocycles. The van der Waals surface area contributed by atoms with Gasteiger partial charge in [-0.1, -0.05) is 0 Å². The summed E-state index contributed by atoms with van der Waals surface area (Å²) < 4.78 is 5.93. The highest BCUT2D eigenvalue weighted by Crippen LogP contribution is 2.02. The van der Waals surface area contributed by atoms with Crippen molar-refractivity contribution in [1.82, 2.24) is 0 Å². The summed E-state index contributed by atoms with van der Waals surface area (Å²) in [5.74, 6) is -0.179. The molecule has 78 valence electrons. The number of quaternary nitrogens is 1. The molecule has 0 amide bonds. The molecule has 0 radical (unpaired) electrons. The molecule has 0 N–H and O–H groups in total. The fraction of sp³-hybridized carbons (Fsp3) is 0.900. The van der Waals surface area contributed by atoms with Crippen LogP contribution in [0.2, 0.25) is 0 Å². The number of ether oxygens (including phenoxy) is 1. The summed E-state index contributed by atoms with van der Waals surface area (Å²) in [6, 6.07) is 0. The Kier molecular flexibility index (Phi) is 5.71. The van der Waals surface area contributed by atoms with Crippen molar-refractivity contribution in [2.75, 3.05) is 33.3 Å². The van der Waals surface area contributed by atoms with Gasteiger partial charge in [0.15, 0.2) is 0 Å². The number of carbonyl (C=O) groups excluding carboxylic acids is 1. The van der Waals surface area contributed by atoms with E-state index in [2.05, 4.69) is 20.9 Å². The van der Waals surface area contributed by atoms with Crippen molar-refractivity contribution in [1.29, 1.82) is 0 Å². The van der Waals surface area contributed by atoms with Gasteiger partial charge in [-0.05, 0) is 13.8 Å². The molecule has 0 aliphatic carbocycles. The largest absolute Gasteiger partial charge is 0.466 e. The van der Waals surface area contributed by atoms with Crippen LogP contribution in [0.15, 0.2) is 0 Å². The molecule has 3 nitrogen and oxygen atoms in total. The molecule has 0 unspecified atom stereocenters. The van der Waals surface area contributed by atoms with Gasteiger partial charge in [-0.15, -0.1) is 0 Å². The predicted molar refractivity (Wildman–Crippen MR) is 53.4 cm³/mol. The molecule has 0 aromatic rings. The zero-order valence-corrected chi connectivity index (χ0v) is 9.30. The van der Waals surface area contributed by atoms with Gasteiger partial charge in [0.05, 0.1) is 33.3 Å². The van der Waals surface area contributed by atoms with E-state index in [1.54, 1.807) is 0 Å². The van der Waals surface area contributed by atoms with Gasteiger partial charge in [0.2, 0.25) is 0 Å². The fourth-order valence-electron chi connectivity index (χ4n) is 1.20. The maximum absolute atomic E-state index is 10.5. The molecule has 0 saturated heterocycles. The molecule has 0 aromatic heterocycles. The van der Waals surface area contributed by atoms with E-state index in [1.165, 1.54) is 6.92 Å². The van der Waals surface area contributed by atoms with Crippen molar-refractivity contribution in [3.63, 3.8) is 0 Å². The zero-order valence-electron chi connectivity index (χ0n) is 9.30. The van der Waals surface area contributed by atoms with E-state index in [1.807, 2.05) is 0 Å². The van der Waals surface area contributed by atoms with Crippen molar-refractivity contribution >= 4 is 5.97 Å². The van der Waals surface area contributed by atoms with Crippen LogP contribution in [0, 0.1) is 0 Å². The summed E-state index contributed by atoms with van der Waals surface area (Å²) in [6.07, 6.45) is 0.956. The van der Waals surface area contributed by atoms with Gasteiger partial charge in [0, 0.05) is 13.3 Å². The standard InChI is InChI=1S/C10H22NO2/c1-5-11(4,6-2)8-7-9-13-10(3)12/h5-9H2,1-4H3/q+1. The Labute approximate surface area is 81.3 Å². The zero-order chi connectivity index (χ0) is 10.3. The summed E-state index contributed by atoms with van der Waals surface area (Å²) in [4.78, 5) is 10.5. The first-order valence-corrected chi connectivity index (χ1v) is 5.01. The molecule has 0 spiro atoms. The topological polar surface area (TPSA) is 26.3 Å². The van der Waals surface area contributed by atoms with E-state index >= 15 is 0 Å². The highest BCUT2D eigenvalue weighted by Gasteiger charge is 2.15. The Bertz CT molecular complexity index is 153. The lowest BCUT2D eigenvalue weighted by Gasteiger charge is -2.31. The SMILES string of the molecule is CC[N+](C)(CC)CCCOC(C)=O. The van der Waals surface area contributed by atoms with Crippen LogP contribution in [-0.2, 0) is 9.53 Å². The second kappa shape index (κ2) is 5.97. The molecule has 3 heteroatoms. The Balaban J connectivity index is 3.55. The van der Waals surface area contributed by atoms with Gasteiger partial charge in [0.1, 0.15) is 0 Å². The van der Waals surface area contributed by atoms with Gasteiger partial charge in [-0.3, -0.25) is 4.79 Å². The predicted octanol–water partition coefficient (Wildman–Crippen LogP) is 1.43. The van der Waals surface area contributed by atoms with Crippen molar-refractivity contribution in [2.45, 2.75) is 27.2 Å². The lowest BCUT2D eigenvalue weighted by Crippen LogP contribution is -2.44. The molecule has 0 aliphatic heterocycles. The first-order chi connectivity index (χ1) is 6.04. The highest BCUT2D eigenvalue weighted by atomic mass is 16.5. The Morgan fingerprint density at radius 3 is 2.23 bits per heavy atom. The maximum atomic E-state index is 10.5. The van der Waals surface area contributed by atoms with Crippen LogP contribution in [0.5, 0.6) is 0 Å². The Morgan fingerprint density at radius 1 is 1.31 bits per heavy atom. The highest BCUT2D eigenvalue weighted by molar-refractivity contribution is 5.65. The second-order valence-electron chi connectivity index (χ2n) is 3.67. The van der Waals surface area contributed by atoms with Crippen LogP contribution in [0.1, 0.15) is 27.2 Å². The third-order valence-corrected chi connectivity index (χ3v) is 2.67. The number of nitrogens with zero attached hydrogens (tertiary/aromatic N) is 1. The van der Waals surface area contributed by atoms with Gasteiger partial charge in [0.25, 0.3) is 0 Å². The van der Waals surface area contributed by atoms with Gasteiger partial charge < -0.3 is 9.22 Å². The van der Waals surface area contributed by atoms with Crippen molar-refractivity contribution in [2.24, 2.45) is 0 Å². The number of hydrogen-bond acceptors (Lipinski definition) is 2. The minimum absolute atomic E-state index is 0.179. The normalized spacial score (nSPS) is 11.4. The van der Waals surface area contributed by atoms with Gasteiger partial charge >= 0.3 is 5.97 Å². The Morgan fingerprint density at radius 2 is 1.85 bits per heavy atom. The summed E-state index contributed by atoms with van der Waals surface area (Å²) in [5.41, 5.74) is 0. The van der Waals surface area contributed by atoms with Crippen LogP contribution in [0.3, 0.4) is 0 Å². The Hall–Kier alpha value is -0.570. The van der Waals surface area contributed by atoms with E-state index in [-0.39, 0.29) is 5.97 Å².